The Morgan fingerprint density at radius 2 is 1.64 bits per heavy atom. The highest BCUT2D eigenvalue weighted by Gasteiger charge is 2.21. The van der Waals surface area contributed by atoms with Crippen molar-refractivity contribution >= 4 is 15.9 Å². The van der Waals surface area contributed by atoms with E-state index in [1.165, 1.54) is 29.2 Å². The van der Waals surface area contributed by atoms with Gasteiger partial charge in [0, 0.05) is 18.8 Å². The first-order valence-corrected chi connectivity index (χ1v) is 10.2. The fraction of sp³-hybridized carbons (Fsp3) is 0.412. The number of rotatable bonds is 10. The zero-order chi connectivity index (χ0) is 20.7. The second-order valence-corrected chi connectivity index (χ2v) is 7.19. The predicted molar refractivity (Wildman–Crippen MR) is 101 cm³/mol. The average Bonchev–Trinajstić information content (AvgIpc) is 3.10. The van der Waals surface area contributed by atoms with Gasteiger partial charge in [0.05, 0.1) is 26.0 Å². The molecule has 0 saturated heterocycles. The molecule has 28 heavy (non-hydrogen) atoms. The lowest BCUT2D eigenvalue weighted by Crippen LogP contribution is -2.41. The lowest BCUT2D eigenvalue weighted by atomic mass is 10.1. The molecule has 1 amide bonds. The Morgan fingerprint density at radius 1 is 1.07 bits per heavy atom. The quantitative estimate of drug-likeness (QED) is 0.563. The third-order valence-electron chi connectivity index (χ3n) is 3.46. The van der Waals surface area contributed by atoms with E-state index in [9.17, 15) is 13.2 Å². The molecule has 0 aliphatic heterocycles. The molecule has 0 bridgehead atoms. The Kier molecular flexibility index (Phi) is 7.24. The maximum absolute atomic E-state index is 12.5. The summed E-state index contributed by atoms with van der Waals surface area (Å²) < 4.78 is 42.4. The van der Waals surface area contributed by atoms with Crippen molar-refractivity contribution in [3.63, 3.8) is 0 Å². The second kappa shape index (κ2) is 9.42. The van der Waals surface area contributed by atoms with Crippen LogP contribution in [0.25, 0.3) is 0 Å². The van der Waals surface area contributed by atoms with Crippen LogP contribution in [0.2, 0.25) is 0 Å². The van der Waals surface area contributed by atoms with Gasteiger partial charge in [-0.1, -0.05) is 0 Å². The maximum Gasteiger partial charge on any atom is 0.266 e. The highest BCUT2D eigenvalue weighted by atomic mass is 32.2. The van der Waals surface area contributed by atoms with Crippen LogP contribution in [-0.2, 0) is 17.1 Å². The van der Waals surface area contributed by atoms with Crippen LogP contribution < -0.4 is 24.5 Å². The Labute approximate surface area is 163 Å². The largest absolute Gasteiger partial charge is 0.490 e. The number of ether oxygens (including phenoxy) is 3. The van der Waals surface area contributed by atoms with Gasteiger partial charge in [0.1, 0.15) is 4.90 Å². The van der Waals surface area contributed by atoms with E-state index >= 15 is 0 Å². The van der Waals surface area contributed by atoms with Crippen LogP contribution in [-0.4, -0.2) is 43.9 Å². The predicted octanol–water partition coefficient (Wildman–Crippen LogP) is 1.24. The van der Waals surface area contributed by atoms with E-state index in [-0.39, 0.29) is 10.5 Å². The molecule has 0 fully saturated rings. The van der Waals surface area contributed by atoms with Crippen molar-refractivity contribution in [3.05, 3.63) is 30.1 Å². The van der Waals surface area contributed by atoms with Crippen LogP contribution in [0, 0.1) is 0 Å². The van der Waals surface area contributed by atoms with Crippen molar-refractivity contribution < 1.29 is 27.4 Å². The summed E-state index contributed by atoms with van der Waals surface area (Å²) in [6.45, 7) is 6.50. The van der Waals surface area contributed by atoms with Gasteiger partial charge in [-0.05, 0) is 32.9 Å². The SMILES string of the molecule is CCOc1cc(C(=O)NNS(=O)(=O)c2cnn(C)c2)cc(OCC)c1OCC. The van der Waals surface area contributed by atoms with Crippen molar-refractivity contribution in [1.29, 1.82) is 0 Å². The molecular weight excluding hydrogens is 388 g/mol. The number of nitrogens with zero attached hydrogens (tertiary/aromatic N) is 2. The number of aryl methyl sites for hydroxylation is 1. The molecule has 1 aromatic heterocycles. The molecule has 2 N–H and O–H groups in total. The van der Waals surface area contributed by atoms with Crippen LogP contribution in [0.1, 0.15) is 31.1 Å². The van der Waals surface area contributed by atoms with Crippen LogP contribution in [0.4, 0.5) is 0 Å². The molecule has 10 nitrogen and oxygen atoms in total. The number of nitrogens with one attached hydrogen (secondary N) is 2. The maximum atomic E-state index is 12.5. The highest BCUT2D eigenvalue weighted by Crippen LogP contribution is 2.39. The summed E-state index contributed by atoms with van der Waals surface area (Å²) in [5.41, 5.74) is 2.31. The minimum Gasteiger partial charge on any atom is -0.490 e. The summed E-state index contributed by atoms with van der Waals surface area (Å²) in [6, 6.07) is 2.93. The summed E-state index contributed by atoms with van der Waals surface area (Å²) in [5, 5.41) is 3.80. The molecule has 1 aromatic carbocycles. The first-order valence-electron chi connectivity index (χ1n) is 8.69. The average molecular weight is 412 g/mol. The zero-order valence-corrected chi connectivity index (χ0v) is 17.0. The number of aromatic nitrogens is 2. The topological polar surface area (TPSA) is 121 Å². The number of benzene rings is 1. The lowest BCUT2D eigenvalue weighted by Gasteiger charge is -2.17. The standard InChI is InChI=1S/C17H24N4O6S/c1-5-25-14-8-12(9-15(26-6-2)16(14)27-7-3)17(22)19-20-28(23,24)13-10-18-21(4)11-13/h8-11,20H,5-7H2,1-4H3,(H,19,22). The lowest BCUT2D eigenvalue weighted by molar-refractivity contribution is 0.0944. The summed E-state index contributed by atoms with van der Waals surface area (Å²) in [4.78, 5) is 14.5. The Hall–Kier alpha value is -2.79. The van der Waals surface area contributed by atoms with Crippen LogP contribution in [0.3, 0.4) is 0 Å². The third kappa shape index (κ3) is 5.14. The molecule has 154 valence electrons. The summed E-state index contributed by atoms with van der Waals surface area (Å²) in [6.07, 6.45) is 2.48. The molecule has 0 radical (unpaired) electrons. The van der Waals surface area contributed by atoms with Crippen LogP contribution in [0.5, 0.6) is 17.2 Å². The van der Waals surface area contributed by atoms with Crippen molar-refractivity contribution in [1.82, 2.24) is 20.0 Å². The van der Waals surface area contributed by atoms with Crippen molar-refractivity contribution in [3.8, 4) is 17.2 Å². The smallest absolute Gasteiger partial charge is 0.266 e. The molecular formula is C17H24N4O6S. The van der Waals surface area contributed by atoms with Gasteiger partial charge in [-0.15, -0.1) is 4.83 Å². The van der Waals surface area contributed by atoms with E-state index in [2.05, 4.69) is 10.5 Å². The Bertz CT molecular complexity index is 898. The van der Waals surface area contributed by atoms with E-state index in [1.54, 1.807) is 20.9 Å². The van der Waals surface area contributed by atoms with E-state index in [0.717, 1.165) is 0 Å². The van der Waals surface area contributed by atoms with E-state index in [1.807, 2.05) is 11.8 Å². The Morgan fingerprint density at radius 3 is 2.11 bits per heavy atom. The van der Waals surface area contributed by atoms with E-state index in [4.69, 9.17) is 14.2 Å². The molecule has 2 aromatic rings. The minimum atomic E-state index is -3.95. The van der Waals surface area contributed by atoms with Crippen molar-refractivity contribution in [2.75, 3.05) is 19.8 Å². The minimum absolute atomic E-state index is 0.0768. The number of sulfonamides is 1. The number of hydrazine groups is 1. The van der Waals surface area contributed by atoms with Crippen molar-refractivity contribution in [2.24, 2.45) is 7.05 Å². The molecule has 0 atom stereocenters. The molecule has 0 unspecified atom stereocenters. The molecule has 11 heteroatoms. The molecule has 2 rings (SSSR count). The van der Waals surface area contributed by atoms with Crippen molar-refractivity contribution in [2.45, 2.75) is 25.7 Å². The van der Waals surface area contributed by atoms with Gasteiger partial charge >= 0.3 is 0 Å². The summed E-state index contributed by atoms with van der Waals surface area (Å²) in [5.74, 6) is 0.363. The molecule has 0 saturated carbocycles. The number of hydrogen-bond donors (Lipinski definition) is 2. The van der Waals surface area contributed by atoms with Crippen LogP contribution in [0.15, 0.2) is 29.4 Å². The molecule has 1 heterocycles. The van der Waals surface area contributed by atoms with Gasteiger partial charge in [-0.25, -0.2) is 8.42 Å². The number of carbonyl (C=O) groups is 1. The van der Waals surface area contributed by atoms with Gasteiger partial charge < -0.3 is 14.2 Å². The van der Waals surface area contributed by atoms with E-state index in [0.29, 0.717) is 37.1 Å². The molecule has 0 aliphatic carbocycles. The second-order valence-electron chi connectivity index (χ2n) is 5.51. The Balaban J connectivity index is 2.26. The van der Waals surface area contributed by atoms with Gasteiger partial charge in [-0.3, -0.25) is 14.9 Å². The monoisotopic (exact) mass is 412 g/mol. The van der Waals surface area contributed by atoms with Gasteiger partial charge in [-0.2, -0.15) is 5.10 Å². The summed E-state index contributed by atoms with van der Waals surface area (Å²) in [7, 11) is -2.37. The van der Waals surface area contributed by atoms with Gasteiger partial charge in [0.25, 0.3) is 15.9 Å². The van der Waals surface area contributed by atoms with E-state index < -0.39 is 15.9 Å². The molecule has 0 aliphatic rings. The first kappa shape index (κ1) is 21.5. The highest BCUT2D eigenvalue weighted by molar-refractivity contribution is 7.89. The number of amides is 1. The molecule has 0 spiro atoms. The third-order valence-corrected chi connectivity index (χ3v) is 4.66. The number of carbonyl (C=O) groups excluding carboxylic acids is 1. The zero-order valence-electron chi connectivity index (χ0n) is 16.2. The van der Waals surface area contributed by atoms with Crippen LogP contribution >= 0.6 is 0 Å². The normalized spacial score (nSPS) is 11.1. The first-order chi connectivity index (χ1) is 13.3. The fourth-order valence-corrected chi connectivity index (χ4v) is 3.12. The fourth-order valence-electron chi connectivity index (χ4n) is 2.30. The summed E-state index contributed by atoms with van der Waals surface area (Å²) >= 11 is 0. The van der Waals surface area contributed by atoms with Gasteiger partial charge in [0.15, 0.2) is 11.5 Å². The van der Waals surface area contributed by atoms with Gasteiger partial charge in [0.2, 0.25) is 5.75 Å². The number of hydrogen-bond acceptors (Lipinski definition) is 7.